The van der Waals surface area contributed by atoms with Crippen molar-refractivity contribution in [1.82, 2.24) is 10.2 Å². The summed E-state index contributed by atoms with van der Waals surface area (Å²) in [6.45, 7) is 7.60. The highest BCUT2D eigenvalue weighted by molar-refractivity contribution is 5.80. The van der Waals surface area contributed by atoms with Crippen LogP contribution in [0.15, 0.2) is 0 Å². The molecule has 0 heterocycles. The van der Waals surface area contributed by atoms with Crippen LogP contribution in [0.3, 0.4) is 0 Å². The highest BCUT2D eigenvalue weighted by Gasteiger charge is 2.32. The number of methoxy groups -OCH3 is 2. The summed E-state index contributed by atoms with van der Waals surface area (Å²) in [7, 11) is 5.30. The molecule has 0 radical (unpaired) electrons. The maximum absolute atomic E-state index is 11.8. The standard InChI is InChI=1S/C15H32N2O3/c1-6-16-15(2,14(18)20-5)10-7-8-11-17(3)12-9-13-19-4/h16H,6-13H2,1-5H3. The average Bonchev–Trinajstić information content (AvgIpc) is 2.43. The largest absolute Gasteiger partial charge is 0.468 e. The third-order valence-electron chi connectivity index (χ3n) is 3.56. The Morgan fingerprint density at radius 2 is 1.85 bits per heavy atom. The lowest BCUT2D eigenvalue weighted by Crippen LogP contribution is -2.50. The number of hydrogen-bond acceptors (Lipinski definition) is 5. The molecule has 1 N–H and O–H groups in total. The van der Waals surface area contributed by atoms with Gasteiger partial charge >= 0.3 is 5.97 Å². The number of ether oxygens (including phenoxy) is 2. The van der Waals surface area contributed by atoms with E-state index in [1.54, 1.807) is 7.11 Å². The van der Waals surface area contributed by atoms with Gasteiger partial charge in [0.2, 0.25) is 0 Å². The van der Waals surface area contributed by atoms with Crippen molar-refractivity contribution in [3.8, 4) is 0 Å². The number of likely N-dealkylation sites (N-methyl/N-ethyl adjacent to an activating group) is 1. The van der Waals surface area contributed by atoms with Crippen molar-refractivity contribution in [3.05, 3.63) is 0 Å². The highest BCUT2D eigenvalue weighted by atomic mass is 16.5. The Hall–Kier alpha value is -0.650. The molecular weight excluding hydrogens is 256 g/mol. The molecule has 0 saturated carbocycles. The van der Waals surface area contributed by atoms with Crippen molar-refractivity contribution in [1.29, 1.82) is 0 Å². The Labute approximate surface area is 124 Å². The molecule has 0 amide bonds. The number of nitrogens with one attached hydrogen (secondary N) is 1. The Bertz CT molecular complexity index is 262. The molecule has 0 aromatic carbocycles. The van der Waals surface area contributed by atoms with E-state index < -0.39 is 5.54 Å². The van der Waals surface area contributed by atoms with Crippen LogP contribution in [0.1, 0.15) is 39.5 Å². The van der Waals surface area contributed by atoms with Crippen molar-refractivity contribution < 1.29 is 14.3 Å². The lowest BCUT2D eigenvalue weighted by atomic mass is 9.94. The summed E-state index contributed by atoms with van der Waals surface area (Å²) in [6.07, 6.45) is 3.96. The zero-order chi connectivity index (χ0) is 15.4. The van der Waals surface area contributed by atoms with E-state index in [1.807, 2.05) is 13.8 Å². The number of esters is 1. The number of carbonyl (C=O) groups excluding carboxylic acids is 1. The van der Waals surface area contributed by atoms with Crippen LogP contribution >= 0.6 is 0 Å². The molecule has 1 unspecified atom stereocenters. The first kappa shape index (κ1) is 19.4. The maximum atomic E-state index is 11.8. The van der Waals surface area contributed by atoms with Crippen LogP contribution in [0.5, 0.6) is 0 Å². The minimum atomic E-state index is -0.557. The molecule has 120 valence electrons. The second-order valence-electron chi connectivity index (χ2n) is 5.46. The van der Waals surface area contributed by atoms with E-state index >= 15 is 0 Å². The normalized spacial score (nSPS) is 14.3. The fourth-order valence-corrected chi connectivity index (χ4v) is 2.33. The van der Waals surface area contributed by atoms with Crippen LogP contribution in [0.4, 0.5) is 0 Å². The molecule has 0 fully saturated rings. The fourth-order valence-electron chi connectivity index (χ4n) is 2.33. The van der Waals surface area contributed by atoms with Crippen LogP contribution in [-0.4, -0.2) is 63.9 Å². The molecule has 0 aliphatic rings. The van der Waals surface area contributed by atoms with Gasteiger partial charge in [0.25, 0.3) is 0 Å². The minimum absolute atomic E-state index is 0.173. The summed E-state index contributed by atoms with van der Waals surface area (Å²) in [5.41, 5.74) is -0.557. The van der Waals surface area contributed by atoms with E-state index in [2.05, 4.69) is 17.3 Å². The van der Waals surface area contributed by atoms with Crippen LogP contribution < -0.4 is 5.32 Å². The van der Waals surface area contributed by atoms with Gasteiger partial charge in [0, 0.05) is 20.3 Å². The number of carbonyl (C=O) groups is 1. The number of rotatable bonds is 12. The lowest BCUT2D eigenvalue weighted by molar-refractivity contribution is -0.148. The van der Waals surface area contributed by atoms with E-state index in [0.29, 0.717) is 0 Å². The molecule has 0 aromatic rings. The minimum Gasteiger partial charge on any atom is -0.468 e. The van der Waals surface area contributed by atoms with Gasteiger partial charge in [-0.05, 0) is 52.7 Å². The second-order valence-corrected chi connectivity index (χ2v) is 5.46. The molecular formula is C15H32N2O3. The monoisotopic (exact) mass is 288 g/mol. The molecule has 0 bridgehead atoms. The molecule has 1 atom stereocenters. The molecule has 0 aliphatic carbocycles. The van der Waals surface area contributed by atoms with E-state index in [4.69, 9.17) is 9.47 Å². The molecule has 0 spiro atoms. The Kier molecular flexibility index (Phi) is 10.7. The van der Waals surface area contributed by atoms with Gasteiger partial charge in [0.05, 0.1) is 7.11 Å². The predicted octanol–water partition coefficient (Wildman–Crippen LogP) is 1.67. The van der Waals surface area contributed by atoms with Crippen molar-refractivity contribution in [2.75, 3.05) is 47.5 Å². The Morgan fingerprint density at radius 1 is 1.20 bits per heavy atom. The molecule has 5 nitrogen and oxygen atoms in total. The summed E-state index contributed by atoms with van der Waals surface area (Å²) >= 11 is 0. The SMILES string of the molecule is CCNC(C)(CCCCN(C)CCCOC)C(=O)OC. The van der Waals surface area contributed by atoms with E-state index in [1.165, 1.54) is 7.11 Å². The van der Waals surface area contributed by atoms with Crippen LogP contribution in [0, 0.1) is 0 Å². The molecule has 0 aromatic heterocycles. The number of nitrogens with zero attached hydrogens (tertiary/aromatic N) is 1. The molecule has 20 heavy (non-hydrogen) atoms. The Morgan fingerprint density at radius 3 is 2.40 bits per heavy atom. The summed E-state index contributed by atoms with van der Waals surface area (Å²) in [5.74, 6) is -0.173. The summed E-state index contributed by atoms with van der Waals surface area (Å²) in [6, 6.07) is 0. The van der Waals surface area contributed by atoms with Gasteiger partial charge in [0.1, 0.15) is 5.54 Å². The van der Waals surface area contributed by atoms with E-state index in [-0.39, 0.29) is 5.97 Å². The van der Waals surface area contributed by atoms with E-state index in [0.717, 1.165) is 51.9 Å². The average molecular weight is 288 g/mol. The fraction of sp³-hybridized carbons (Fsp3) is 0.933. The zero-order valence-electron chi connectivity index (χ0n) is 13.8. The van der Waals surface area contributed by atoms with Gasteiger partial charge in [0.15, 0.2) is 0 Å². The molecule has 5 heteroatoms. The molecule has 0 aliphatic heterocycles. The first-order valence-electron chi connectivity index (χ1n) is 7.51. The summed E-state index contributed by atoms with van der Waals surface area (Å²) in [5, 5.41) is 3.24. The predicted molar refractivity (Wildman–Crippen MR) is 81.9 cm³/mol. The maximum Gasteiger partial charge on any atom is 0.325 e. The number of unbranched alkanes of at least 4 members (excludes halogenated alkanes) is 1. The van der Waals surface area contributed by atoms with Gasteiger partial charge in [-0.2, -0.15) is 0 Å². The molecule has 0 saturated heterocycles. The first-order valence-corrected chi connectivity index (χ1v) is 7.51. The van der Waals surface area contributed by atoms with Crippen molar-refractivity contribution in [3.63, 3.8) is 0 Å². The second kappa shape index (κ2) is 11.1. The van der Waals surface area contributed by atoms with Gasteiger partial charge in [-0.25, -0.2) is 0 Å². The third-order valence-corrected chi connectivity index (χ3v) is 3.56. The van der Waals surface area contributed by atoms with Crippen molar-refractivity contribution >= 4 is 5.97 Å². The quantitative estimate of drug-likeness (QED) is 0.437. The highest BCUT2D eigenvalue weighted by Crippen LogP contribution is 2.16. The summed E-state index contributed by atoms with van der Waals surface area (Å²) < 4.78 is 9.93. The number of hydrogen-bond donors (Lipinski definition) is 1. The van der Waals surface area contributed by atoms with Crippen LogP contribution in [0.2, 0.25) is 0 Å². The van der Waals surface area contributed by atoms with Gasteiger partial charge in [-0.15, -0.1) is 0 Å². The van der Waals surface area contributed by atoms with Crippen LogP contribution in [-0.2, 0) is 14.3 Å². The van der Waals surface area contributed by atoms with E-state index in [9.17, 15) is 4.79 Å². The Balaban J connectivity index is 3.92. The third kappa shape index (κ3) is 7.82. The summed E-state index contributed by atoms with van der Waals surface area (Å²) in [4.78, 5) is 14.1. The van der Waals surface area contributed by atoms with Crippen molar-refractivity contribution in [2.24, 2.45) is 0 Å². The van der Waals surface area contributed by atoms with Crippen molar-refractivity contribution in [2.45, 2.75) is 45.1 Å². The van der Waals surface area contributed by atoms with Crippen LogP contribution in [0.25, 0.3) is 0 Å². The first-order chi connectivity index (χ1) is 9.50. The zero-order valence-corrected chi connectivity index (χ0v) is 13.8. The lowest BCUT2D eigenvalue weighted by Gasteiger charge is -2.27. The molecule has 0 rings (SSSR count). The van der Waals surface area contributed by atoms with Gasteiger partial charge in [-0.3, -0.25) is 4.79 Å². The van der Waals surface area contributed by atoms with Gasteiger partial charge in [-0.1, -0.05) is 6.92 Å². The smallest absolute Gasteiger partial charge is 0.325 e. The van der Waals surface area contributed by atoms with Gasteiger partial charge < -0.3 is 19.7 Å². The topological polar surface area (TPSA) is 50.8 Å².